The van der Waals surface area contributed by atoms with Gasteiger partial charge in [0.15, 0.2) is 0 Å². The molecule has 92 valence electrons. The lowest BCUT2D eigenvalue weighted by Gasteiger charge is -2.10. The van der Waals surface area contributed by atoms with Crippen LogP contribution in [0.5, 0.6) is 0 Å². The van der Waals surface area contributed by atoms with Gasteiger partial charge in [-0.15, -0.1) is 0 Å². The highest BCUT2D eigenvalue weighted by molar-refractivity contribution is 5.23. The second-order valence-electron chi connectivity index (χ2n) is 4.33. The average Bonchev–Trinajstić information content (AvgIpc) is 2.64. The number of nitrogens with two attached hydrogens (primary N) is 1. The summed E-state index contributed by atoms with van der Waals surface area (Å²) in [6, 6.07) is 1.81. The molecule has 0 saturated carbocycles. The predicted octanol–water partition coefficient (Wildman–Crippen LogP) is 2.31. The largest absolute Gasteiger partial charge is 0.382 e. The van der Waals surface area contributed by atoms with Crippen molar-refractivity contribution in [3.63, 3.8) is 0 Å². The third-order valence-corrected chi connectivity index (χ3v) is 2.52. The van der Waals surface area contributed by atoms with Gasteiger partial charge in [-0.05, 0) is 24.8 Å². The molecule has 1 unspecified atom stereocenters. The molecule has 0 aromatic carbocycles. The molecular formula is C12H23N3O. The van der Waals surface area contributed by atoms with Crippen molar-refractivity contribution < 1.29 is 4.74 Å². The van der Waals surface area contributed by atoms with Crippen molar-refractivity contribution in [3.8, 4) is 0 Å². The van der Waals surface area contributed by atoms with Gasteiger partial charge in [0.05, 0.1) is 0 Å². The van der Waals surface area contributed by atoms with Crippen LogP contribution < -0.4 is 5.73 Å². The van der Waals surface area contributed by atoms with E-state index in [2.05, 4.69) is 18.9 Å². The molecule has 0 amide bonds. The molecule has 1 atom stereocenters. The standard InChI is InChI=1S/C12H23N3O/c1-3-5-11(2)10-16-9-4-7-15-8-6-12(13)14-15/h6,8,11H,3-5,7,9-10H2,1-2H3,(H2,13,14). The highest BCUT2D eigenvalue weighted by Crippen LogP contribution is 2.05. The van der Waals surface area contributed by atoms with Crippen LogP contribution in [0.15, 0.2) is 12.3 Å². The van der Waals surface area contributed by atoms with E-state index in [0.717, 1.165) is 26.2 Å². The van der Waals surface area contributed by atoms with Crippen LogP contribution >= 0.6 is 0 Å². The fourth-order valence-electron chi connectivity index (χ4n) is 1.69. The molecule has 1 aromatic rings. The fourth-order valence-corrected chi connectivity index (χ4v) is 1.69. The monoisotopic (exact) mass is 225 g/mol. The first kappa shape index (κ1) is 13.0. The topological polar surface area (TPSA) is 53.1 Å². The van der Waals surface area contributed by atoms with E-state index < -0.39 is 0 Å². The molecule has 0 saturated heterocycles. The van der Waals surface area contributed by atoms with Gasteiger partial charge in [-0.2, -0.15) is 5.10 Å². The van der Waals surface area contributed by atoms with Gasteiger partial charge in [0.1, 0.15) is 5.82 Å². The van der Waals surface area contributed by atoms with E-state index in [1.165, 1.54) is 12.8 Å². The van der Waals surface area contributed by atoms with Crippen LogP contribution in [0.25, 0.3) is 0 Å². The number of aryl methyl sites for hydroxylation is 1. The van der Waals surface area contributed by atoms with Crippen molar-refractivity contribution in [1.29, 1.82) is 0 Å². The van der Waals surface area contributed by atoms with E-state index in [4.69, 9.17) is 10.5 Å². The Balaban J connectivity index is 2.00. The van der Waals surface area contributed by atoms with Crippen LogP contribution in [0.3, 0.4) is 0 Å². The van der Waals surface area contributed by atoms with Crippen LogP contribution in [0, 0.1) is 5.92 Å². The molecular weight excluding hydrogens is 202 g/mol. The summed E-state index contributed by atoms with van der Waals surface area (Å²) in [6.07, 6.45) is 5.36. The summed E-state index contributed by atoms with van der Waals surface area (Å²) in [7, 11) is 0. The van der Waals surface area contributed by atoms with E-state index in [0.29, 0.717) is 11.7 Å². The molecule has 2 N–H and O–H groups in total. The third-order valence-electron chi connectivity index (χ3n) is 2.52. The van der Waals surface area contributed by atoms with Crippen molar-refractivity contribution in [2.75, 3.05) is 18.9 Å². The lowest BCUT2D eigenvalue weighted by molar-refractivity contribution is 0.0969. The van der Waals surface area contributed by atoms with Crippen molar-refractivity contribution in [3.05, 3.63) is 12.3 Å². The van der Waals surface area contributed by atoms with Crippen molar-refractivity contribution >= 4 is 5.82 Å². The zero-order chi connectivity index (χ0) is 11.8. The summed E-state index contributed by atoms with van der Waals surface area (Å²) in [5.74, 6) is 1.25. The fraction of sp³-hybridized carbons (Fsp3) is 0.750. The Labute approximate surface area is 97.8 Å². The molecule has 1 rings (SSSR count). The van der Waals surface area contributed by atoms with E-state index >= 15 is 0 Å². The summed E-state index contributed by atoms with van der Waals surface area (Å²) in [5.41, 5.74) is 5.52. The maximum Gasteiger partial charge on any atom is 0.145 e. The Morgan fingerprint density at radius 2 is 2.38 bits per heavy atom. The minimum atomic E-state index is 0.581. The molecule has 0 aliphatic heterocycles. The normalized spacial score (nSPS) is 12.9. The Bertz CT molecular complexity index is 286. The summed E-state index contributed by atoms with van der Waals surface area (Å²) in [4.78, 5) is 0. The highest BCUT2D eigenvalue weighted by atomic mass is 16.5. The van der Waals surface area contributed by atoms with E-state index in [1.807, 2.05) is 16.9 Å². The Morgan fingerprint density at radius 3 is 3.00 bits per heavy atom. The number of ether oxygens (including phenoxy) is 1. The number of nitrogens with zero attached hydrogens (tertiary/aromatic N) is 2. The van der Waals surface area contributed by atoms with Crippen LogP contribution in [-0.2, 0) is 11.3 Å². The van der Waals surface area contributed by atoms with Gasteiger partial charge in [-0.3, -0.25) is 4.68 Å². The van der Waals surface area contributed by atoms with E-state index in [9.17, 15) is 0 Å². The maximum atomic E-state index is 5.60. The molecule has 16 heavy (non-hydrogen) atoms. The summed E-state index contributed by atoms with van der Waals surface area (Å²) in [5, 5.41) is 4.11. The Kier molecular flexibility index (Phi) is 5.93. The molecule has 4 heteroatoms. The second kappa shape index (κ2) is 7.28. The Hall–Kier alpha value is -1.03. The van der Waals surface area contributed by atoms with Crippen molar-refractivity contribution in [2.45, 2.75) is 39.7 Å². The molecule has 4 nitrogen and oxygen atoms in total. The number of rotatable bonds is 8. The quantitative estimate of drug-likeness (QED) is 0.691. The number of aromatic nitrogens is 2. The first-order valence-corrected chi connectivity index (χ1v) is 6.09. The molecule has 0 fully saturated rings. The first-order valence-electron chi connectivity index (χ1n) is 6.09. The van der Waals surface area contributed by atoms with E-state index in [-0.39, 0.29) is 0 Å². The molecule has 0 spiro atoms. The second-order valence-corrected chi connectivity index (χ2v) is 4.33. The van der Waals surface area contributed by atoms with Gasteiger partial charge < -0.3 is 10.5 Å². The van der Waals surface area contributed by atoms with Gasteiger partial charge in [-0.1, -0.05) is 20.3 Å². The van der Waals surface area contributed by atoms with Gasteiger partial charge in [0, 0.05) is 26.0 Å². The molecule has 0 radical (unpaired) electrons. The molecule has 0 aliphatic carbocycles. The van der Waals surface area contributed by atoms with Gasteiger partial charge in [0.2, 0.25) is 0 Å². The number of nitrogen functional groups attached to an aromatic ring is 1. The van der Waals surface area contributed by atoms with Gasteiger partial charge in [-0.25, -0.2) is 0 Å². The predicted molar refractivity (Wildman–Crippen MR) is 66.1 cm³/mol. The van der Waals surface area contributed by atoms with Crippen LogP contribution in [0.2, 0.25) is 0 Å². The lowest BCUT2D eigenvalue weighted by atomic mass is 10.1. The summed E-state index contributed by atoms with van der Waals surface area (Å²) in [6.45, 7) is 6.98. The summed E-state index contributed by atoms with van der Waals surface area (Å²) < 4.78 is 7.46. The molecule has 1 aromatic heterocycles. The first-order chi connectivity index (χ1) is 7.72. The SMILES string of the molecule is CCCC(C)COCCCn1ccc(N)n1. The summed E-state index contributed by atoms with van der Waals surface area (Å²) >= 11 is 0. The van der Waals surface area contributed by atoms with Gasteiger partial charge in [0.25, 0.3) is 0 Å². The molecule has 1 heterocycles. The van der Waals surface area contributed by atoms with Gasteiger partial charge >= 0.3 is 0 Å². The zero-order valence-corrected chi connectivity index (χ0v) is 10.4. The van der Waals surface area contributed by atoms with Crippen molar-refractivity contribution in [1.82, 2.24) is 9.78 Å². The zero-order valence-electron chi connectivity index (χ0n) is 10.4. The Morgan fingerprint density at radius 1 is 1.56 bits per heavy atom. The van der Waals surface area contributed by atoms with Crippen molar-refractivity contribution in [2.24, 2.45) is 5.92 Å². The van der Waals surface area contributed by atoms with E-state index in [1.54, 1.807) is 0 Å². The smallest absolute Gasteiger partial charge is 0.145 e. The van der Waals surface area contributed by atoms with Crippen LogP contribution in [-0.4, -0.2) is 23.0 Å². The van der Waals surface area contributed by atoms with Crippen LogP contribution in [0.4, 0.5) is 5.82 Å². The highest BCUT2D eigenvalue weighted by Gasteiger charge is 2.00. The maximum absolute atomic E-state index is 5.60. The molecule has 0 bridgehead atoms. The molecule has 0 aliphatic rings. The minimum Gasteiger partial charge on any atom is -0.382 e. The lowest BCUT2D eigenvalue weighted by Crippen LogP contribution is -2.09. The minimum absolute atomic E-state index is 0.581. The van der Waals surface area contributed by atoms with Crippen LogP contribution in [0.1, 0.15) is 33.1 Å². The number of hydrogen-bond acceptors (Lipinski definition) is 3. The average molecular weight is 225 g/mol. The number of anilines is 1. The number of hydrogen-bond donors (Lipinski definition) is 1. The third kappa shape index (κ3) is 5.16.